The molecule has 4 heteroatoms. The van der Waals surface area contributed by atoms with Crippen molar-refractivity contribution in [3.05, 3.63) is 18.2 Å². The van der Waals surface area contributed by atoms with Crippen LogP contribution in [0.2, 0.25) is 0 Å². The maximum atomic E-state index is 5.91. The fourth-order valence-corrected chi connectivity index (χ4v) is 3.01. The Labute approximate surface area is 96.4 Å². The number of nitrogens with two attached hydrogens (primary N) is 1. The monoisotopic (exact) mass is 220 g/mol. The van der Waals surface area contributed by atoms with Crippen LogP contribution in [0.5, 0.6) is 0 Å². The average Bonchev–Trinajstić information content (AvgIpc) is 2.91. The largest absolute Gasteiger partial charge is 0.336 e. The third kappa shape index (κ3) is 1.57. The van der Waals surface area contributed by atoms with Crippen molar-refractivity contribution in [3.8, 4) is 0 Å². The SMILES string of the molecule is Cn1cncc1C1C(CN)CCN1C1CC1. The molecule has 88 valence electrons. The minimum Gasteiger partial charge on any atom is -0.336 e. The topological polar surface area (TPSA) is 47.1 Å². The van der Waals surface area contributed by atoms with Gasteiger partial charge in [-0.1, -0.05) is 0 Å². The zero-order chi connectivity index (χ0) is 11.1. The molecule has 0 spiro atoms. The molecule has 1 aromatic heterocycles. The van der Waals surface area contributed by atoms with Crippen LogP contribution in [-0.4, -0.2) is 33.6 Å². The fraction of sp³-hybridized carbons (Fsp3) is 0.750. The van der Waals surface area contributed by atoms with Crippen LogP contribution in [0.1, 0.15) is 31.0 Å². The van der Waals surface area contributed by atoms with Crippen molar-refractivity contribution >= 4 is 0 Å². The van der Waals surface area contributed by atoms with Crippen molar-refractivity contribution in [1.82, 2.24) is 14.5 Å². The zero-order valence-corrected chi connectivity index (χ0v) is 9.84. The van der Waals surface area contributed by atoms with E-state index in [0.717, 1.165) is 12.6 Å². The van der Waals surface area contributed by atoms with E-state index in [4.69, 9.17) is 5.73 Å². The van der Waals surface area contributed by atoms with Gasteiger partial charge < -0.3 is 10.3 Å². The molecule has 0 radical (unpaired) electrons. The highest BCUT2D eigenvalue weighted by atomic mass is 15.3. The number of hydrogen-bond acceptors (Lipinski definition) is 3. The molecule has 1 saturated carbocycles. The maximum absolute atomic E-state index is 5.91. The lowest BCUT2D eigenvalue weighted by molar-refractivity contribution is 0.212. The lowest BCUT2D eigenvalue weighted by Crippen LogP contribution is -2.31. The minimum atomic E-state index is 0.505. The Bertz CT molecular complexity index is 369. The summed E-state index contributed by atoms with van der Waals surface area (Å²) in [5.41, 5.74) is 7.24. The molecule has 4 nitrogen and oxygen atoms in total. The highest BCUT2D eigenvalue weighted by Crippen LogP contribution is 2.43. The predicted molar refractivity (Wildman–Crippen MR) is 62.8 cm³/mol. The van der Waals surface area contributed by atoms with E-state index in [1.807, 2.05) is 12.5 Å². The number of hydrogen-bond donors (Lipinski definition) is 1. The van der Waals surface area contributed by atoms with Crippen molar-refractivity contribution < 1.29 is 0 Å². The van der Waals surface area contributed by atoms with Crippen LogP contribution in [0.3, 0.4) is 0 Å². The second-order valence-corrected chi connectivity index (χ2v) is 5.13. The summed E-state index contributed by atoms with van der Waals surface area (Å²) in [6.07, 6.45) is 7.88. The lowest BCUT2D eigenvalue weighted by atomic mass is 9.98. The summed E-state index contributed by atoms with van der Waals surface area (Å²) >= 11 is 0. The number of imidazole rings is 1. The molecule has 2 unspecified atom stereocenters. The van der Waals surface area contributed by atoms with Crippen molar-refractivity contribution in [2.45, 2.75) is 31.3 Å². The van der Waals surface area contributed by atoms with Crippen LogP contribution >= 0.6 is 0 Å². The Morgan fingerprint density at radius 1 is 1.44 bits per heavy atom. The Morgan fingerprint density at radius 2 is 2.25 bits per heavy atom. The second kappa shape index (κ2) is 3.86. The molecule has 2 fully saturated rings. The van der Waals surface area contributed by atoms with Gasteiger partial charge in [-0.05, 0) is 38.3 Å². The molecule has 1 aromatic rings. The second-order valence-electron chi connectivity index (χ2n) is 5.13. The molecule has 2 N–H and O–H groups in total. The van der Waals surface area contributed by atoms with Gasteiger partial charge >= 0.3 is 0 Å². The minimum absolute atomic E-state index is 0.505. The smallest absolute Gasteiger partial charge is 0.0946 e. The van der Waals surface area contributed by atoms with Gasteiger partial charge in [0, 0.05) is 19.3 Å². The van der Waals surface area contributed by atoms with E-state index < -0.39 is 0 Å². The number of likely N-dealkylation sites (tertiary alicyclic amines) is 1. The number of rotatable bonds is 3. The standard InChI is InChI=1S/C12H20N4/c1-15-8-14-7-11(15)12-9(6-13)4-5-16(12)10-2-3-10/h7-10,12H,2-6,13H2,1H3. The molecule has 1 saturated heterocycles. The molecule has 16 heavy (non-hydrogen) atoms. The molecule has 1 aliphatic carbocycles. The highest BCUT2D eigenvalue weighted by Gasteiger charge is 2.43. The van der Waals surface area contributed by atoms with Crippen LogP contribution in [0.4, 0.5) is 0 Å². The van der Waals surface area contributed by atoms with Crippen molar-refractivity contribution in [2.75, 3.05) is 13.1 Å². The molecular formula is C12H20N4. The van der Waals surface area contributed by atoms with Crippen molar-refractivity contribution in [1.29, 1.82) is 0 Å². The fourth-order valence-electron chi connectivity index (χ4n) is 3.01. The zero-order valence-electron chi connectivity index (χ0n) is 9.84. The number of aromatic nitrogens is 2. The first-order valence-corrected chi connectivity index (χ1v) is 6.23. The Balaban J connectivity index is 1.90. The molecule has 0 aromatic carbocycles. The molecular weight excluding hydrogens is 200 g/mol. The first kappa shape index (κ1) is 10.3. The van der Waals surface area contributed by atoms with E-state index in [9.17, 15) is 0 Å². The number of nitrogens with zero attached hydrogens (tertiary/aromatic N) is 3. The van der Waals surface area contributed by atoms with Crippen molar-refractivity contribution in [2.24, 2.45) is 18.7 Å². The molecule has 0 amide bonds. The van der Waals surface area contributed by atoms with Crippen LogP contribution in [0.15, 0.2) is 12.5 Å². The van der Waals surface area contributed by atoms with Crippen LogP contribution in [0, 0.1) is 5.92 Å². The predicted octanol–water partition coefficient (Wildman–Crippen LogP) is 0.904. The third-order valence-corrected chi connectivity index (χ3v) is 4.04. The van der Waals surface area contributed by atoms with E-state index in [1.165, 1.54) is 31.5 Å². The van der Waals surface area contributed by atoms with Crippen LogP contribution in [-0.2, 0) is 7.05 Å². The average molecular weight is 220 g/mol. The highest BCUT2D eigenvalue weighted by molar-refractivity contribution is 5.12. The summed E-state index contributed by atoms with van der Waals surface area (Å²) in [5.74, 6) is 0.607. The number of aryl methyl sites for hydroxylation is 1. The van der Waals surface area contributed by atoms with Gasteiger partial charge in [0.05, 0.1) is 18.1 Å². The van der Waals surface area contributed by atoms with Crippen molar-refractivity contribution in [3.63, 3.8) is 0 Å². The normalized spacial score (nSPS) is 31.1. The van der Waals surface area contributed by atoms with Gasteiger partial charge in [0.1, 0.15) is 0 Å². The Kier molecular flexibility index (Phi) is 2.48. The summed E-state index contributed by atoms with van der Waals surface area (Å²) < 4.78 is 2.15. The molecule has 2 aliphatic rings. The van der Waals surface area contributed by atoms with Gasteiger partial charge in [-0.25, -0.2) is 4.98 Å². The van der Waals surface area contributed by atoms with Gasteiger partial charge in [-0.15, -0.1) is 0 Å². The summed E-state index contributed by atoms with van der Waals surface area (Å²) in [6.45, 7) is 2.00. The van der Waals surface area contributed by atoms with E-state index in [2.05, 4.69) is 21.5 Å². The molecule has 0 bridgehead atoms. The van der Waals surface area contributed by atoms with Gasteiger partial charge in [-0.3, -0.25) is 4.90 Å². The molecule has 2 heterocycles. The van der Waals surface area contributed by atoms with Crippen LogP contribution < -0.4 is 5.73 Å². The van der Waals surface area contributed by atoms with E-state index in [1.54, 1.807) is 0 Å². The molecule has 1 aliphatic heterocycles. The molecule has 2 atom stereocenters. The van der Waals surface area contributed by atoms with E-state index in [0.29, 0.717) is 12.0 Å². The van der Waals surface area contributed by atoms with E-state index >= 15 is 0 Å². The van der Waals surface area contributed by atoms with E-state index in [-0.39, 0.29) is 0 Å². The Morgan fingerprint density at radius 3 is 2.81 bits per heavy atom. The van der Waals surface area contributed by atoms with Gasteiger partial charge in [0.25, 0.3) is 0 Å². The van der Waals surface area contributed by atoms with Gasteiger partial charge in [0.2, 0.25) is 0 Å². The summed E-state index contributed by atoms with van der Waals surface area (Å²) in [7, 11) is 2.08. The van der Waals surface area contributed by atoms with Gasteiger partial charge in [-0.2, -0.15) is 0 Å². The molecule has 3 rings (SSSR count). The van der Waals surface area contributed by atoms with Gasteiger partial charge in [0.15, 0.2) is 0 Å². The summed E-state index contributed by atoms with van der Waals surface area (Å²) in [6, 6.07) is 1.32. The summed E-state index contributed by atoms with van der Waals surface area (Å²) in [4.78, 5) is 6.89. The Hall–Kier alpha value is -0.870. The summed E-state index contributed by atoms with van der Waals surface area (Å²) in [5, 5.41) is 0. The lowest BCUT2D eigenvalue weighted by Gasteiger charge is -2.27. The first-order chi connectivity index (χ1) is 7.81. The quantitative estimate of drug-likeness (QED) is 0.823. The first-order valence-electron chi connectivity index (χ1n) is 6.23. The van der Waals surface area contributed by atoms with Crippen LogP contribution in [0.25, 0.3) is 0 Å². The third-order valence-electron chi connectivity index (χ3n) is 4.04. The maximum Gasteiger partial charge on any atom is 0.0946 e.